The molecule has 0 spiro atoms. The van der Waals surface area contributed by atoms with Crippen LogP contribution in [0.25, 0.3) is 0 Å². The second-order valence-electron chi connectivity index (χ2n) is 6.78. The third-order valence-corrected chi connectivity index (χ3v) is 7.04. The van der Waals surface area contributed by atoms with Crippen LogP contribution in [0.3, 0.4) is 0 Å². The number of sulfonamides is 1. The molecule has 160 valence electrons. The van der Waals surface area contributed by atoms with Gasteiger partial charge in [0.1, 0.15) is 24.2 Å². The molecule has 5 nitrogen and oxygen atoms in total. The number of nitrogens with two attached hydrogens (primary N) is 1. The van der Waals surface area contributed by atoms with E-state index < -0.39 is 25.7 Å². The Morgan fingerprint density at radius 3 is 2.40 bits per heavy atom. The zero-order valence-electron chi connectivity index (χ0n) is 16.3. The Bertz CT molecular complexity index is 1080. The van der Waals surface area contributed by atoms with Crippen molar-refractivity contribution < 1.29 is 26.3 Å². The van der Waals surface area contributed by atoms with Gasteiger partial charge in [-0.2, -0.15) is 25.5 Å². The lowest BCUT2D eigenvalue weighted by Crippen LogP contribution is -2.51. The van der Waals surface area contributed by atoms with Crippen molar-refractivity contribution in [1.82, 2.24) is 3.89 Å². The van der Waals surface area contributed by atoms with Gasteiger partial charge in [0.15, 0.2) is 5.69 Å². The average Bonchev–Trinajstić information content (AvgIpc) is 2.73. The molecule has 1 aliphatic rings. The van der Waals surface area contributed by atoms with Crippen molar-refractivity contribution in [3.8, 4) is 11.5 Å². The number of ether oxygens (including phenoxy) is 1. The number of hydrogen-bond donors (Lipinski definition) is 1. The molecule has 1 unspecified atom stereocenters. The third-order valence-electron chi connectivity index (χ3n) is 4.85. The summed E-state index contributed by atoms with van der Waals surface area (Å²) in [6.45, 7) is 1.99. The minimum Gasteiger partial charge on any atom is -0.457 e. The first-order valence-electron chi connectivity index (χ1n) is 9.26. The molecule has 0 aromatic heterocycles. The molecule has 1 atom stereocenters. The van der Waals surface area contributed by atoms with Crippen LogP contribution in [0.2, 0.25) is 0 Å². The van der Waals surface area contributed by atoms with Crippen molar-refractivity contribution in [1.29, 1.82) is 0 Å². The highest BCUT2D eigenvalue weighted by Gasteiger charge is 2.42. The van der Waals surface area contributed by atoms with Crippen molar-refractivity contribution in [2.75, 3.05) is 18.8 Å². The molecule has 2 aromatic carbocycles. The van der Waals surface area contributed by atoms with E-state index in [9.17, 15) is 21.6 Å². The van der Waals surface area contributed by atoms with E-state index in [4.69, 9.17) is 10.5 Å². The summed E-state index contributed by atoms with van der Waals surface area (Å²) in [4.78, 5) is 0. The molecule has 0 radical (unpaired) electrons. The smallest absolute Gasteiger partial charge is 0.416 e. The number of quaternary nitrogens is 1. The quantitative estimate of drug-likeness (QED) is 0.670. The van der Waals surface area contributed by atoms with Crippen molar-refractivity contribution in [3.05, 3.63) is 78.0 Å². The van der Waals surface area contributed by atoms with E-state index in [1.807, 2.05) is 0 Å². The highest BCUT2D eigenvalue weighted by atomic mass is 32.2. The Morgan fingerprint density at radius 2 is 1.80 bits per heavy atom. The second kappa shape index (κ2) is 8.25. The van der Waals surface area contributed by atoms with E-state index in [0.29, 0.717) is 17.0 Å². The Kier molecular flexibility index (Phi) is 6.07. The van der Waals surface area contributed by atoms with Gasteiger partial charge in [-0.3, -0.25) is 0 Å². The predicted molar refractivity (Wildman–Crippen MR) is 110 cm³/mol. The van der Waals surface area contributed by atoms with Gasteiger partial charge in [-0.15, -0.1) is 0 Å². The van der Waals surface area contributed by atoms with Gasteiger partial charge < -0.3 is 10.5 Å². The summed E-state index contributed by atoms with van der Waals surface area (Å²) in [6.07, 6.45) is 0.722. The van der Waals surface area contributed by atoms with E-state index in [2.05, 4.69) is 0 Å². The summed E-state index contributed by atoms with van der Waals surface area (Å²) in [5.41, 5.74) is 6.09. The van der Waals surface area contributed by atoms with Gasteiger partial charge in [0.2, 0.25) is 0 Å². The van der Waals surface area contributed by atoms with E-state index in [1.165, 1.54) is 24.3 Å². The number of halogens is 3. The number of hydrogen-bond acceptors (Lipinski definition) is 4. The van der Waals surface area contributed by atoms with Crippen molar-refractivity contribution in [3.63, 3.8) is 0 Å². The summed E-state index contributed by atoms with van der Waals surface area (Å²) in [7, 11) is -3.58. The van der Waals surface area contributed by atoms with Crippen molar-refractivity contribution in [2.45, 2.75) is 13.1 Å². The lowest BCUT2D eigenvalue weighted by molar-refractivity contribution is -0.137. The average molecular weight is 439 g/mol. The van der Waals surface area contributed by atoms with Crippen LogP contribution in [0.15, 0.2) is 72.5 Å². The summed E-state index contributed by atoms with van der Waals surface area (Å²) in [6, 6.07) is 10.8. The van der Waals surface area contributed by atoms with Crippen LogP contribution in [-0.2, 0) is 16.2 Å². The first-order valence-corrected chi connectivity index (χ1v) is 10.9. The zero-order valence-corrected chi connectivity index (χ0v) is 17.1. The molecule has 0 fully saturated rings. The van der Waals surface area contributed by atoms with Crippen LogP contribution in [0.5, 0.6) is 11.5 Å². The molecule has 0 saturated heterocycles. The van der Waals surface area contributed by atoms with E-state index in [-0.39, 0.29) is 24.6 Å². The normalized spacial score (nSPS) is 19.4. The molecule has 2 aromatic rings. The molecule has 3 rings (SSSR count). The highest BCUT2D eigenvalue weighted by Crippen LogP contribution is 2.36. The molecule has 30 heavy (non-hydrogen) atoms. The Labute approximate surface area is 173 Å². The van der Waals surface area contributed by atoms with Crippen LogP contribution in [0.1, 0.15) is 12.5 Å². The van der Waals surface area contributed by atoms with Crippen molar-refractivity contribution >= 4 is 15.7 Å². The molecule has 1 aliphatic heterocycles. The number of alkyl halides is 3. The fraction of sp³-hybridized carbons (Fsp3) is 0.238. The highest BCUT2D eigenvalue weighted by molar-refractivity contribution is 7.91. The molecule has 2 N–H and O–H groups in total. The van der Waals surface area contributed by atoms with Crippen LogP contribution in [0, 0.1) is 0 Å². The van der Waals surface area contributed by atoms with Gasteiger partial charge in [-0.1, -0.05) is 12.1 Å². The predicted octanol–water partition coefficient (Wildman–Crippen LogP) is 4.57. The van der Waals surface area contributed by atoms with Gasteiger partial charge in [-0.25, -0.2) is 0 Å². The lowest BCUT2D eigenvalue weighted by Gasteiger charge is -2.34. The minimum atomic E-state index is -4.47. The number of nitrogens with zero attached hydrogens (tertiary/aromatic N) is 1. The molecule has 9 heteroatoms. The first kappa shape index (κ1) is 22.1. The van der Waals surface area contributed by atoms with Crippen molar-refractivity contribution in [2.24, 2.45) is 5.73 Å². The Balaban J connectivity index is 1.94. The topological polar surface area (TPSA) is 69.4 Å². The van der Waals surface area contributed by atoms with Crippen LogP contribution in [0.4, 0.5) is 18.9 Å². The minimum absolute atomic E-state index is 0.0360. The molecule has 1 heterocycles. The maximum atomic E-state index is 13.0. The maximum absolute atomic E-state index is 13.0. The summed E-state index contributed by atoms with van der Waals surface area (Å²) in [5, 5.41) is 0. The Morgan fingerprint density at radius 1 is 1.10 bits per heavy atom. The van der Waals surface area contributed by atoms with Crippen LogP contribution >= 0.6 is 0 Å². The van der Waals surface area contributed by atoms with Gasteiger partial charge in [0.25, 0.3) is 0 Å². The Hall–Kier alpha value is -2.62. The SMILES string of the molecule is CCS(=O)(=O)[N+]1(c2ccc(Oc3cccc(C(F)(F)F)c3)cc2)C=C(CN)C=CC1. The van der Waals surface area contributed by atoms with Gasteiger partial charge in [0.05, 0.1) is 11.3 Å². The van der Waals surface area contributed by atoms with Gasteiger partial charge in [-0.05, 0) is 43.3 Å². The molecular formula is C21H22F3N2O3S+. The van der Waals surface area contributed by atoms with E-state index in [0.717, 1.165) is 12.1 Å². The van der Waals surface area contributed by atoms with Gasteiger partial charge in [0, 0.05) is 24.3 Å². The summed E-state index contributed by atoms with van der Waals surface area (Å²) < 4.78 is 69.7. The first-order chi connectivity index (χ1) is 14.1. The summed E-state index contributed by atoms with van der Waals surface area (Å²) >= 11 is 0. The van der Waals surface area contributed by atoms with E-state index in [1.54, 1.807) is 37.4 Å². The lowest BCUT2D eigenvalue weighted by atomic mass is 10.2. The summed E-state index contributed by atoms with van der Waals surface area (Å²) in [5.74, 6) is 0.257. The van der Waals surface area contributed by atoms with Crippen LogP contribution < -0.4 is 14.4 Å². The largest absolute Gasteiger partial charge is 0.457 e. The maximum Gasteiger partial charge on any atom is 0.416 e. The molecular weight excluding hydrogens is 417 g/mol. The van der Waals surface area contributed by atoms with Gasteiger partial charge >= 0.3 is 16.2 Å². The van der Waals surface area contributed by atoms with E-state index >= 15 is 0 Å². The number of rotatable bonds is 6. The number of benzene rings is 2. The monoisotopic (exact) mass is 439 g/mol. The molecule has 0 aliphatic carbocycles. The molecule has 0 amide bonds. The second-order valence-corrected chi connectivity index (χ2v) is 9.17. The van der Waals surface area contributed by atoms with Crippen LogP contribution in [-0.4, -0.2) is 27.3 Å². The standard InChI is InChI=1S/C21H22F3N2O3S/c1-2-30(27,28)26(12-4-5-16(14-25)15-26)18-8-10-19(11-9-18)29-20-7-3-6-17(13-20)21(22,23)24/h3-11,13,15H,2,12,14,25H2,1H3/q+1. The molecule has 0 saturated carbocycles. The third kappa shape index (κ3) is 4.28. The fourth-order valence-corrected chi connectivity index (χ4v) is 4.76. The molecule has 0 bridgehead atoms. The fourth-order valence-electron chi connectivity index (χ4n) is 3.25. The zero-order chi connectivity index (χ0) is 22.0.